The molecular formula is C14H24IN3O. The molecule has 0 aliphatic carbocycles. The van der Waals surface area contributed by atoms with Crippen LogP contribution in [0.15, 0.2) is 29.3 Å². The second kappa shape index (κ2) is 9.89. The Morgan fingerprint density at radius 2 is 2.00 bits per heavy atom. The average Bonchev–Trinajstić information content (AvgIpc) is 2.39. The van der Waals surface area contributed by atoms with Gasteiger partial charge in [0.25, 0.3) is 0 Å². The van der Waals surface area contributed by atoms with Crippen LogP contribution in [0.5, 0.6) is 5.75 Å². The number of nitrogens with two attached hydrogens (primary N) is 1. The summed E-state index contributed by atoms with van der Waals surface area (Å²) in [5.41, 5.74) is 6.97. The minimum absolute atomic E-state index is 0. The summed E-state index contributed by atoms with van der Waals surface area (Å²) in [5.74, 6) is 1.88. The lowest BCUT2D eigenvalue weighted by atomic mass is 9.98. The van der Waals surface area contributed by atoms with E-state index in [1.54, 1.807) is 7.11 Å². The molecular weight excluding hydrogens is 353 g/mol. The van der Waals surface area contributed by atoms with Gasteiger partial charge in [-0.25, -0.2) is 0 Å². The van der Waals surface area contributed by atoms with Crippen molar-refractivity contribution in [2.45, 2.75) is 26.2 Å². The number of benzene rings is 1. The third-order valence-electron chi connectivity index (χ3n) is 2.89. The zero-order chi connectivity index (χ0) is 13.4. The molecule has 0 heterocycles. The molecule has 1 aromatic rings. The summed E-state index contributed by atoms with van der Waals surface area (Å²) in [6, 6.07) is 8.17. The van der Waals surface area contributed by atoms with Gasteiger partial charge in [0.15, 0.2) is 5.96 Å². The zero-order valence-corrected chi connectivity index (χ0v) is 14.2. The topological polar surface area (TPSA) is 59.6 Å². The first-order chi connectivity index (χ1) is 8.67. The number of hydrogen-bond donors (Lipinski definition) is 2. The Balaban J connectivity index is 0.00000324. The smallest absolute Gasteiger partial charge is 0.188 e. The molecule has 3 N–H and O–H groups in total. The van der Waals surface area contributed by atoms with Gasteiger partial charge in [0, 0.05) is 13.1 Å². The monoisotopic (exact) mass is 377 g/mol. The Bertz CT molecular complexity index is 379. The number of methoxy groups -OCH3 is 1. The summed E-state index contributed by atoms with van der Waals surface area (Å²) in [6.45, 7) is 5.75. The molecule has 19 heavy (non-hydrogen) atoms. The van der Waals surface area contributed by atoms with Crippen molar-refractivity contribution in [1.82, 2.24) is 5.32 Å². The molecule has 1 unspecified atom stereocenters. The van der Waals surface area contributed by atoms with Crippen molar-refractivity contribution in [3.05, 3.63) is 29.8 Å². The Morgan fingerprint density at radius 3 is 2.53 bits per heavy atom. The first kappa shape index (κ1) is 18.0. The predicted octanol–water partition coefficient (Wildman–Crippen LogP) is 2.73. The SMILES string of the molecule is CCNC(N)=NCCC(C)c1ccc(OC)cc1.I. The molecule has 0 radical (unpaired) electrons. The molecule has 1 aromatic carbocycles. The van der Waals surface area contributed by atoms with Gasteiger partial charge in [0.05, 0.1) is 7.11 Å². The van der Waals surface area contributed by atoms with Crippen LogP contribution < -0.4 is 15.8 Å². The van der Waals surface area contributed by atoms with Crippen LogP contribution in [0.1, 0.15) is 31.7 Å². The Morgan fingerprint density at radius 1 is 1.37 bits per heavy atom. The number of guanidine groups is 1. The van der Waals surface area contributed by atoms with Gasteiger partial charge < -0.3 is 15.8 Å². The predicted molar refractivity (Wildman–Crippen MR) is 91.6 cm³/mol. The van der Waals surface area contributed by atoms with Crippen LogP contribution in [-0.2, 0) is 0 Å². The lowest BCUT2D eigenvalue weighted by molar-refractivity contribution is 0.414. The van der Waals surface area contributed by atoms with Gasteiger partial charge in [0.1, 0.15) is 5.75 Å². The van der Waals surface area contributed by atoms with E-state index in [1.165, 1.54) is 5.56 Å². The number of rotatable bonds is 6. The van der Waals surface area contributed by atoms with Gasteiger partial charge in [0.2, 0.25) is 0 Å². The molecule has 1 rings (SSSR count). The Kier molecular flexibility index (Phi) is 9.38. The molecule has 0 amide bonds. The molecule has 0 fully saturated rings. The van der Waals surface area contributed by atoms with Gasteiger partial charge in [-0.15, -0.1) is 24.0 Å². The van der Waals surface area contributed by atoms with Crippen molar-refractivity contribution in [2.75, 3.05) is 20.2 Å². The fourth-order valence-corrected chi connectivity index (χ4v) is 1.71. The molecule has 0 saturated heterocycles. The first-order valence-electron chi connectivity index (χ1n) is 6.35. The minimum Gasteiger partial charge on any atom is -0.497 e. The van der Waals surface area contributed by atoms with E-state index in [2.05, 4.69) is 29.4 Å². The number of nitrogens with zero attached hydrogens (tertiary/aromatic N) is 1. The van der Waals surface area contributed by atoms with Crippen molar-refractivity contribution >= 4 is 29.9 Å². The maximum Gasteiger partial charge on any atom is 0.188 e. The highest BCUT2D eigenvalue weighted by molar-refractivity contribution is 14.0. The fourth-order valence-electron chi connectivity index (χ4n) is 1.71. The standard InChI is InChI=1S/C14H23N3O.HI/c1-4-16-14(15)17-10-9-11(2)12-5-7-13(18-3)8-6-12;/h5-8,11H,4,9-10H2,1-3H3,(H3,15,16,17);1H. The highest BCUT2D eigenvalue weighted by atomic mass is 127. The third kappa shape index (κ3) is 6.66. The van der Waals surface area contributed by atoms with Gasteiger partial charge in [-0.3, -0.25) is 4.99 Å². The van der Waals surface area contributed by atoms with Gasteiger partial charge >= 0.3 is 0 Å². The van der Waals surface area contributed by atoms with Gasteiger partial charge in [-0.05, 0) is 37.0 Å². The average molecular weight is 377 g/mol. The molecule has 108 valence electrons. The number of nitrogens with one attached hydrogen (secondary N) is 1. The van der Waals surface area contributed by atoms with Crippen molar-refractivity contribution in [1.29, 1.82) is 0 Å². The Hall–Kier alpha value is -0.980. The summed E-state index contributed by atoms with van der Waals surface area (Å²) >= 11 is 0. The largest absolute Gasteiger partial charge is 0.497 e. The van der Waals surface area contributed by atoms with Gasteiger partial charge in [-0.2, -0.15) is 0 Å². The summed E-state index contributed by atoms with van der Waals surface area (Å²) in [5, 5.41) is 2.99. The second-order valence-corrected chi connectivity index (χ2v) is 4.26. The van der Waals surface area contributed by atoms with Crippen molar-refractivity contribution in [3.8, 4) is 5.75 Å². The Labute approximate surface area is 132 Å². The van der Waals surface area contributed by atoms with Crippen molar-refractivity contribution < 1.29 is 4.74 Å². The van der Waals surface area contributed by atoms with Crippen LogP contribution in [0.4, 0.5) is 0 Å². The summed E-state index contributed by atoms with van der Waals surface area (Å²) < 4.78 is 5.14. The molecule has 4 nitrogen and oxygen atoms in total. The number of hydrogen-bond acceptors (Lipinski definition) is 2. The van der Waals surface area contributed by atoms with E-state index in [0.29, 0.717) is 11.9 Å². The van der Waals surface area contributed by atoms with Gasteiger partial charge in [-0.1, -0.05) is 19.1 Å². The van der Waals surface area contributed by atoms with Crippen LogP contribution >= 0.6 is 24.0 Å². The van der Waals surface area contributed by atoms with E-state index >= 15 is 0 Å². The van der Waals surface area contributed by atoms with Crippen molar-refractivity contribution in [3.63, 3.8) is 0 Å². The maximum absolute atomic E-state index is 5.67. The lowest BCUT2D eigenvalue weighted by Gasteiger charge is -2.11. The van der Waals surface area contributed by atoms with E-state index in [1.807, 2.05) is 19.1 Å². The van der Waals surface area contributed by atoms with E-state index in [9.17, 15) is 0 Å². The number of halogens is 1. The molecule has 0 spiro atoms. The fraction of sp³-hybridized carbons (Fsp3) is 0.500. The molecule has 0 aromatic heterocycles. The number of ether oxygens (including phenoxy) is 1. The van der Waals surface area contributed by atoms with E-state index in [0.717, 1.165) is 25.3 Å². The zero-order valence-electron chi connectivity index (χ0n) is 11.8. The van der Waals surface area contributed by atoms with Crippen LogP contribution in [0.2, 0.25) is 0 Å². The molecule has 5 heteroatoms. The minimum atomic E-state index is 0. The highest BCUT2D eigenvalue weighted by Gasteiger charge is 2.05. The summed E-state index contributed by atoms with van der Waals surface area (Å²) in [6.07, 6.45) is 0.985. The maximum atomic E-state index is 5.67. The molecule has 1 atom stereocenters. The normalized spacial score (nSPS) is 12.5. The summed E-state index contributed by atoms with van der Waals surface area (Å²) in [7, 11) is 1.68. The van der Waals surface area contributed by atoms with E-state index in [-0.39, 0.29) is 24.0 Å². The van der Waals surface area contributed by atoms with Crippen LogP contribution in [-0.4, -0.2) is 26.2 Å². The lowest BCUT2D eigenvalue weighted by Crippen LogP contribution is -2.31. The molecule has 0 aliphatic heterocycles. The van der Waals surface area contributed by atoms with E-state index < -0.39 is 0 Å². The molecule has 0 aliphatic rings. The highest BCUT2D eigenvalue weighted by Crippen LogP contribution is 2.21. The second-order valence-electron chi connectivity index (χ2n) is 4.26. The summed E-state index contributed by atoms with van der Waals surface area (Å²) in [4.78, 5) is 4.27. The third-order valence-corrected chi connectivity index (χ3v) is 2.89. The van der Waals surface area contributed by atoms with Crippen LogP contribution in [0.25, 0.3) is 0 Å². The van der Waals surface area contributed by atoms with Crippen LogP contribution in [0.3, 0.4) is 0 Å². The van der Waals surface area contributed by atoms with Crippen LogP contribution in [0, 0.1) is 0 Å². The van der Waals surface area contributed by atoms with Crippen molar-refractivity contribution in [2.24, 2.45) is 10.7 Å². The van der Waals surface area contributed by atoms with E-state index in [4.69, 9.17) is 10.5 Å². The quantitative estimate of drug-likeness (QED) is 0.455. The first-order valence-corrected chi connectivity index (χ1v) is 6.35. The molecule has 0 saturated carbocycles. The molecule has 0 bridgehead atoms. The number of aliphatic imine (C=N–C) groups is 1.